The van der Waals surface area contributed by atoms with Crippen LogP contribution < -0.4 is 13.8 Å². The topological polar surface area (TPSA) is 95.9 Å². The van der Waals surface area contributed by atoms with Crippen molar-refractivity contribution in [2.75, 3.05) is 24.0 Å². The van der Waals surface area contributed by atoms with E-state index in [0.29, 0.717) is 24.5 Å². The zero-order chi connectivity index (χ0) is 13.2. The molecule has 1 aromatic carbocycles. The van der Waals surface area contributed by atoms with Gasteiger partial charge in [-0.25, -0.2) is 4.79 Å². The molecule has 1 aliphatic rings. The van der Waals surface area contributed by atoms with E-state index in [9.17, 15) is 13.2 Å². The van der Waals surface area contributed by atoms with Crippen molar-refractivity contribution in [1.82, 2.24) is 4.72 Å². The second-order valence-corrected chi connectivity index (χ2v) is 5.33. The Labute approximate surface area is 104 Å². The standard InChI is InChI=1S/C10H12N2O5S/c13-10(14)7-17-9-3-1-8(2-4-9)12-6-5-11-18(12,15)16/h1-4,11H,5-7H2,(H,13,14). The lowest BCUT2D eigenvalue weighted by molar-refractivity contribution is -0.139. The molecule has 1 saturated heterocycles. The predicted molar refractivity (Wildman–Crippen MR) is 63.8 cm³/mol. The largest absolute Gasteiger partial charge is 0.482 e. The van der Waals surface area contributed by atoms with Crippen molar-refractivity contribution in [2.45, 2.75) is 0 Å². The lowest BCUT2D eigenvalue weighted by Crippen LogP contribution is -2.29. The fraction of sp³-hybridized carbons (Fsp3) is 0.300. The Balaban J connectivity index is 2.10. The number of nitrogens with one attached hydrogen (secondary N) is 1. The number of anilines is 1. The van der Waals surface area contributed by atoms with Crippen molar-refractivity contribution in [3.63, 3.8) is 0 Å². The van der Waals surface area contributed by atoms with Gasteiger partial charge in [0.15, 0.2) is 6.61 Å². The van der Waals surface area contributed by atoms with Crippen LogP contribution in [0.15, 0.2) is 24.3 Å². The van der Waals surface area contributed by atoms with Crippen LogP contribution in [0.5, 0.6) is 5.75 Å². The molecule has 0 saturated carbocycles. The van der Waals surface area contributed by atoms with E-state index in [1.807, 2.05) is 0 Å². The first-order valence-corrected chi connectivity index (χ1v) is 6.65. The van der Waals surface area contributed by atoms with E-state index in [4.69, 9.17) is 9.84 Å². The third-order valence-corrected chi connectivity index (χ3v) is 3.92. The Kier molecular flexibility index (Phi) is 3.39. The van der Waals surface area contributed by atoms with Gasteiger partial charge in [-0.1, -0.05) is 0 Å². The average molecular weight is 272 g/mol. The number of benzene rings is 1. The molecule has 0 aromatic heterocycles. The summed E-state index contributed by atoms with van der Waals surface area (Å²) in [5.41, 5.74) is 0.516. The van der Waals surface area contributed by atoms with Crippen LogP contribution >= 0.6 is 0 Å². The average Bonchev–Trinajstić information content (AvgIpc) is 2.67. The van der Waals surface area contributed by atoms with Crippen LogP contribution in [-0.2, 0) is 15.0 Å². The van der Waals surface area contributed by atoms with E-state index < -0.39 is 22.8 Å². The van der Waals surface area contributed by atoms with Crippen LogP contribution in [-0.4, -0.2) is 39.2 Å². The molecule has 0 unspecified atom stereocenters. The van der Waals surface area contributed by atoms with Crippen LogP contribution in [0.2, 0.25) is 0 Å². The van der Waals surface area contributed by atoms with Gasteiger partial charge in [-0.3, -0.25) is 4.31 Å². The number of carbonyl (C=O) groups is 1. The van der Waals surface area contributed by atoms with E-state index in [2.05, 4.69) is 4.72 Å². The fourth-order valence-electron chi connectivity index (χ4n) is 1.60. The molecule has 0 aliphatic carbocycles. The molecular weight excluding hydrogens is 260 g/mol. The van der Waals surface area contributed by atoms with Crippen molar-refractivity contribution in [3.8, 4) is 5.75 Å². The molecule has 18 heavy (non-hydrogen) atoms. The summed E-state index contributed by atoms with van der Waals surface area (Å²) >= 11 is 0. The molecule has 7 nitrogen and oxygen atoms in total. The molecule has 2 rings (SSSR count). The van der Waals surface area contributed by atoms with Crippen molar-refractivity contribution in [2.24, 2.45) is 0 Å². The molecule has 0 radical (unpaired) electrons. The van der Waals surface area contributed by atoms with Crippen molar-refractivity contribution < 1.29 is 23.1 Å². The van der Waals surface area contributed by atoms with E-state index in [0.717, 1.165) is 0 Å². The number of nitrogens with zero attached hydrogens (tertiary/aromatic N) is 1. The Morgan fingerprint density at radius 1 is 1.39 bits per heavy atom. The van der Waals surface area contributed by atoms with Gasteiger partial charge in [0.2, 0.25) is 0 Å². The van der Waals surface area contributed by atoms with Gasteiger partial charge in [-0.15, -0.1) is 0 Å². The van der Waals surface area contributed by atoms with Crippen LogP contribution in [0, 0.1) is 0 Å². The highest BCUT2D eigenvalue weighted by atomic mass is 32.2. The quantitative estimate of drug-likeness (QED) is 0.791. The third kappa shape index (κ3) is 2.71. The molecule has 1 aromatic rings. The van der Waals surface area contributed by atoms with Crippen molar-refractivity contribution in [3.05, 3.63) is 24.3 Å². The first-order valence-electron chi connectivity index (χ1n) is 5.21. The van der Waals surface area contributed by atoms with Gasteiger partial charge in [-0.2, -0.15) is 13.1 Å². The number of carboxylic acid groups (broad SMARTS) is 1. The number of hydrogen-bond acceptors (Lipinski definition) is 4. The summed E-state index contributed by atoms with van der Waals surface area (Å²) in [6.45, 7) is 0.320. The van der Waals surface area contributed by atoms with Gasteiger partial charge in [0.05, 0.1) is 5.69 Å². The summed E-state index contributed by atoms with van der Waals surface area (Å²) in [6, 6.07) is 6.21. The molecule has 1 heterocycles. The van der Waals surface area contributed by atoms with E-state index in [-0.39, 0.29) is 0 Å². The number of carboxylic acids is 1. The minimum atomic E-state index is -3.43. The van der Waals surface area contributed by atoms with Gasteiger partial charge >= 0.3 is 16.2 Å². The highest BCUT2D eigenvalue weighted by Crippen LogP contribution is 2.22. The lowest BCUT2D eigenvalue weighted by Gasteiger charge is -2.15. The molecule has 0 spiro atoms. The molecule has 0 bridgehead atoms. The summed E-state index contributed by atoms with van der Waals surface area (Å²) in [5, 5.41) is 8.45. The molecule has 0 atom stereocenters. The molecule has 8 heteroatoms. The summed E-state index contributed by atoms with van der Waals surface area (Å²) in [5.74, 6) is -0.684. The van der Waals surface area contributed by atoms with Crippen molar-refractivity contribution >= 4 is 21.9 Å². The van der Waals surface area contributed by atoms with Crippen molar-refractivity contribution in [1.29, 1.82) is 0 Å². The number of rotatable bonds is 4. The molecule has 2 N–H and O–H groups in total. The molecule has 1 fully saturated rings. The Morgan fingerprint density at radius 3 is 2.56 bits per heavy atom. The highest BCUT2D eigenvalue weighted by Gasteiger charge is 2.27. The van der Waals surface area contributed by atoms with E-state index in [1.165, 1.54) is 16.4 Å². The summed E-state index contributed by atoms with van der Waals surface area (Å²) in [4.78, 5) is 10.3. The van der Waals surface area contributed by atoms with E-state index in [1.54, 1.807) is 12.1 Å². The second-order valence-electron chi connectivity index (χ2n) is 3.65. The fourth-order valence-corrected chi connectivity index (χ4v) is 2.83. The molecule has 98 valence electrons. The SMILES string of the molecule is O=C(O)COc1ccc(N2CCNS2(=O)=O)cc1. The maximum Gasteiger partial charge on any atom is 0.341 e. The number of aliphatic carboxylic acids is 1. The zero-order valence-corrected chi connectivity index (χ0v) is 10.2. The normalized spacial score (nSPS) is 17.7. The smallest absolute Gasteiger partial charge is 0.341 e. The first kappa shape index (κ1) is 12.7. The van der Waals surface area contributed by atoms with Crippen LogP contribution in [0.4, 0.5) is 5.69 Å². The van der Waals surface area contributed by atoms with Gasteiger partial charge in [0, 0.05) is 13.1 Å². The van der Waals surface area contributed by atoms with Crippen LogP contribution in [0.3, 0.4) is 0 Å². The molecule has 1 aliphatic heterocycles. The number of ether oxygens (including phenoxy) is 1. The summed E-state index contributed by atoms with van der Waals surface area (Å²) in [7, 11) is -3.43. The zero-order valence-electron chi connectivity index (χ0n) is 9.37. The predicted octanol–water partition coefficient (Wildman–Crippen LogP) is -0.196. The summed E-state index contributed by atoms with van der Waals surface area (Å²) < 4.78 is 31.7. The van der Waals surface area contributed by atoms with E-state index >= 15 is 0 Å². The highest BCUT2D eigenvalue weighted by molar-refractivity contribution is 7.91. The van der Waals surface area contributed by atoms with Crippen LogP contribution in [0.25, 0.3) is 0 Å². The minimum Gasteiger partial charge on any atom is -0.482 e. The maximum atomic E-state index is 11.6. The van der Waals surface area contributed by atoms with Gasteiger partial charge in [0.1, 0.15) is 5.75 Å². The maximum absolute atomic E-state index is 11.6. The lowest BCUT2D eigenvalue weighted by atomic mass is 10.3. The Morgan fingerprint density at radius 2 is 2.06 bits per heavy atom. The van der Waals surface area contributed by atoms with Gasteiger partial charge in [0.25, 0.3) is 0 Å². The second kappa shape index (κ2) is 4.83. The van der Waals surface area contributed by atoms with Crippen LogP contribution in [0.1, 0.15) is 0 Å². The monoisotopic (exact) mass is 272 g/mol. The Hall–Kier alpha value is -1.80. The minimum absolute atomic E-state index is 0.373. The number of hydrogen-bond donors (Lipinski definition) is 2. The molecular formula is C10H12N2O5S. The third-order valence-electron chi connectivity index (χ3n) is 2.38. The Bertz CT molecular complexity index is 540. The molecule has 0 amide bonds. The summed E-state index contributed by atoms with van der Waals surface area (Å²) in [6.07, 6.45) is 0. The van der Waals surface area contributed by atoms with Gasteiger partial charge in [-0.05, 0) is 24.3 Å². The van der Waals surface area contributed by atoms with Gasteiger partial charge < -0.3 is 9.84 Å². The first-order chi connectivity index (χ1) is 8.49.